The number of piperidine rings is 1. The van der Waals surface area contributed by atoms with Crippen molar-refractivity contribution in [2.45, 2.75) is 51.4 Å². The molecule has 5 nitrogen and oxygen atoms in total. The minimum Gasteiger partial charge on any atom is -0.373 e. The Bertz CT molecular complexity index is 483. The van der Waals surface area contributed by atoms with Crippen LogP contribution in [0.15, 0.2) is 12.3 Å². The van der Waals surface area contributed by atoms with Crippen LogP contribution in [0.1, 0.15) is 33.6 Å². The first-order valence-electron chi connectivity index (χ1n) is 8.32. The molecule has 0 spiro atoms. The summed E-state index contributed by atoms with van der Waals surface area (Å²) in [6, 6.07) is 0.188. The Morgan fingerprint density at radius 1 is 1.33 bits per heavy atom. The summed E-state index contributed by atoms with van der Waals surface area (Å²) in [5.41, 5.74) is -0.124. The Balaban J connectivity index is 1.94. The highest BCUT2D eigenvalue weighted by molar-refractivity contribution is 5.85. The molecule has 1 saturated heterocycles. The van der Waals surface area contributed by atoms with Gasteiger partial charge in [-0.15, -0.1) is 0 Å². The first-order valence-corrected chi connectivity index (χ1v) is 8.32. The van der Waals surface area contributed by atoms with Crippen molar-refractivity contribution in [3.05, 3.63) is 12.3 Å². The van der Waals surface area contributed by atoms with Crippen molar-refractivity contribution in [1.82, 2.24) is 15.3 Å². The molecule has 0 aromatic carbocycles. The van der Waals surface area contributed by atoms with Gasteiger partial charge in [0, 0.05) is 25.8 Å². The maximum Gasteiger partial charge on any atom is 0.426 e. The lowest BCUT2D eigenvalue weighted by molar-refractivity contribution is -0.250. The summed E-state index contributed by atoms with van der Waals surface area (Å²) in [5.74, 6) is -0.495. The number of aliphatic hydroxyl groups is 1. The zero-order valence-corrected chi connectivity index (χ0v) is 14.3. The van der Waals surface area contributed by atoms with Gasteiger partial charge in [-0.25, -0.2) is 5.01 Å². The molecule has 0 aromatic heterocycles. The van der Waals surface area contributed by atoms with Crippen molar-refractivity contribution in [3.63, 3.8) is 0 Å². The highest BCUT2D eigenvalue weighted by atomic mass is 19.4. The SMILES string of the molecule is CC(C)CN1NC=CC1C1CCN(C(=O)[C@@](C)(O)C(F)(F)F)CC1. The molecule has 0 radical (unpaired) electrons. The van der Waals surface area contributed by atoms with Crippen molar-refractivity contribution < 1.29 is 23.1 Å². The smallest absolute Gasteiger partial charge is 0.373 e. The Kier molecular flexibility index (Phi) is 5.49. The maximum atomic E-state index is 12.8. The average Bonchev–Trinajstić information content (AvgIpc) is 2.92. The molecule has 2 aliphatic rings. The van der Waals surface area contributed by atoms with E-state index in [-0.39, 0.29) is 25.0 Å². The van der Waals surface area contributed by atoms with Crippen molar-refractivity contribution in [2.75, 3.05) is 19.6 Å². The molecule has 0 saturated carbocycles. The average molecular weight is 349 g/mol. The van der Waals surface area contributed by atoms with E-state index in [9.17, 15) is 23.1 Å². The summed E-state index contributed by atoms with van der Waals surface area (Å²) < 4.78 is 38.4. The van der Waals surface area contributed by atoms with Gasteiger partial charge in [-0.2, -0.15) is 13.2 Å². The van der Waals surface area contributed by atoms with Crippen LogP contribution in [0, 0.1) is 11.8 Å². The van der Waals surface area contributed by atoms with Gasteiger partial charge in [0.05, 0.1) is 6.04 Å². The molecular weight excluding hydrogens is 323 g/mol. The van der Waals surface area contributed by atoms with Crippen LogP contribution in [0.5, 0.6) is 0 Å². The number of likely N-dealkylation sites (tertiary alicyclic amines) is 1. The van der Waals surface area contributed by atoms with E-state index in [0.717, 1.165) is 11.4 Å². The maximum absolute atomic E-state index is 12.8. The van der Waals surface area contributed by atoms with Gasteiger partial charge in [-0.05, 0) is 37.7 Å². The van der Waals surface area contributed by atoms with Gasteiger partial charge in [-0.1, -0.05) is 13.8 Å². The molecule has 2 heterocycles. The molecule has 2 N–H and O–H groups in total. The molecule has 1 amide bonds. The van der Waals surface area contributed by atoms with Crippen LogP contribution in [0.3, 0.4) is 0 Å². The fourth-order valence-corrected chi connectivity index (χ4v) is 3.28. The van der Waals surface area contributed by atoms with Crippen LogP contribution < -0.4 is 5.43 Å². The summed E-state index contributed by atoms with van der Waals surface area (Å²) in [6.45, 7) is 6.11. The second kappa shape index (κ2) is 6.92. The zero-order chi connectivity index (χ0) is 18.1. The van der Waals surface area contributed by atoms with E-state index in [1.54, 1.807) is 0 Å². The molecule has 1 unspecified atom stereocenters. The molecular formula is C16H26F3N3O2. The lowest BCUT2D eigenvalue weighted by atomic mass is 9.88. The molecule has 8 heteroatoms. The lowest BCUT2D eigenvalue weighted by Crippen LogP contribution is -2.58. The number of alkyl halides is 3. The van der Waals surface area contributed by atoms with E-state index < -0.39 is 17.7 Å². The van der Waals surface area contributed by atoms with E-state index in [1.165, 1.54) is 0 Å². The predicted octanol–water partition coefficient (Wildman–Crippen LogP) is 1.90. The first kappa shape index (κ1) is 19.1. The molecule has 0 aromatic rings. The van der Waals surface area contributed by atoms with Gasteiger partial charge in [0.2, 0.25) is 5.60 Å². The van der Waals surface area contributed by atoms with E-state index >= 15 is 0 Å². The lowest BCUT2D eigenvalue weighted by Gasteiger charge is -2.40. The monoisotopic (exact) mass is 349 g/mol. The van der Waals surface area contributed by atoms with Crippen LogP contribution >= 0.6 is 0 Å². The number of carbonyl (C=O) groups is 1. The minimum atomic E-state index is -4.97. The van der Waals surface area contributed by atoms with Crippen molar-refractivity contribution in [2.24, 2.45) is 11.8 Å². The number of nitrogens with zero attached hydrogens (tertiary/aromatic N) is 2. The molecule has 138 valence electrons. The Morgan fingerprint density at radius 2 is 1.92 bits per heavy atom. The normalized spacial score (nSPS) is 25.8. The predicted molar refractivity (Wildman–Crippen MR) is 83.6 cm³/mol. The highest BCUT2D eigenvalue weighted by Gasteiger charge is 2.57. The minimum absolute atomic E-state index is 0.188. The van der Waals surface area contributed by atoms with E-state index in [0.29, 0.717) is 25.7 Å². The third-order valence-electron chi connectivity index (χ3n) is 4.73. The van der Waals surface area contributed by atoms with Crippen LogP contribution in [0.2, 0.25) is 0 Å². The zero-order valence-electron chi connectivity index (χ0n) is 14.3. The van der Waals surface area contributed by atoms with E-state index in [4.69, 9.17) is 0 Å². The number of nitrogens with one attached hydrogen (secondary N) is 1. The second-order valence-corrected chi connectivity index (χ2v) is 7.22. The fraction of sp³-hybridized carbons (Fsp3) is 0.812. The van der Waals surface area contributed by atoms with Gasteiger partial charge in [-0.3, -0.25) is 4.79 Å². The number of hydrogen-bond acceptors (Lipinski definition) is 4. The molecule has 1 fully saturated rings. The van der Waals surface area contributed by atoms with Gasteiger partial charge in [0.1, 0.15) is 0 Å². The Morgan fingerprint density at radius 3 is 2.42 bits per heavy atom. The van der Waals surface area contributed by atoms with E-state index in [2.05, 4.69) is 30.4 Å². The topological polar surface area (TPSA) is 55.8 Å². The quantitative estimate of drug-likeness (QED) is 0.814. The molecule has 2 rings (SSSR count). The summed E-state index contributed by atoms with van der Waals surface area (Å²) in [5, 5.41) is 11.7. The summed E-state index contributed by atoms with van der Waals surface area (Å²) in [6.07, 6.45) is 0.221. The van der Waals surface area contributed by atoms with Crippen LogP contribution in [-0.2, 0) is 4.79 Å². The fourth-order valence-electron chi connectivity index (χ4n) is 3.28. The summed E-state index contributed by atoms with van der Waals surface area (Å²) in [7, 11) is 0. The van der Waals surface area contributed by atoms with Gasteiger partial charge < -0.3 is 15.4 Å². The van der Waals surface area contributed by atoms with Gasteiger partial charge >= 0.3 is 6.18 Å². The molecule has 2 atom stereocenters. The molecule has 2 aliphatic heterocycles. The largest absolute Gasteiger partial charge is 0.426 e. The number of amides is 1. The van der Waals surface area contributed by atoms with Crippen molar-refractivity contribution >= 4 is 5.91 Å². The first-order chi connectivity index (χ1) is 11.0. The number of hydrogen-bond donors (Lipinski definition) is 2. The number of halogens is 3. The third-order valence-corrected chi connectivity index (χ3v) is 4.73. The second-order valence-electron chi connectivity index (χ2n) is 7.22. The molecule has 0 bridgehead atoms. The van der Waals surface area contributed by atoms with Gasteiger partial charge in [0.15, 0.2) is 0 Å². The van der Waals surface area contributed by atoms with Crippen LogP contribution in [0.4, 0.5) is 13.2 Å². The highest BCUT2D eigenvalue weighted by Crippen LogP contribution is 2.34. The standard InChI is InChI=1S/C16H26F3N3O2/c1-11(2)10-22-13(4-7-20-22)12-5-8-21(9-6-12)14(23)15(3,24)16(17,18)19/h4,7,11-13,20,24H,5-6,8-10H2,1-3H3/t13?,15-/m1/s1. The number of hydrazine groups is 1. The number of carbonyl (C=O) groups excluding carboxylic acids is 1. The Hall–Kier alpha value is -1.28. The van der Waals surface area contributed by atoms with E-state index in [1.807, 2.05) is 6.20 Å². The van der Waals surface area contributed by atoms with Crippen molar-refractivity contribution in [1.29, 1.82) is 0 Å². The summed E-state index contributed by atoms with van der Waals surface area (Å²) in [4.78, 5) is 13.2. The number of rotatable bonds is 4. The Labute approximate surface area is 140 Å². The van der Waals surface area contributed by atoms with Crippen LogP contribution in [-0.4, -0.2) is 58.4 Å². The molecule has 0 aliphatic carbocycles. The third kappa shape index (κ3) is 3.85. The van der Waals surface area contributed by atoms with Gasteiger partial charge in [0.25, 0.3) is 5.91 Å². The van der Waals surface area contributed by atoms with Crippen molar-refractivity contribution in [3.8, 4) is 0 Å². The van der Waals surface area contributed by atoms with Crippen LogP contribution in [0.25, 0.3) is 0 Å². The molecule has 24 heavy (non-hydrogen) atoms. The summed E-state index contributed by atoms with van der Waals surface area (Å²) >= 11 is 0.